The molecule has 0 amide bonds. The zero-order valence-electron chi connectivity index (χ0n) is 13.0. The number of esters is 1. The van der Waals surface area contributed by atoms with Crippen LogP contribution in [0.1, 0.15) is 68.9 Å². The van der Waals surface area contributed by atoms with Gasteiger partial charge in [-0.3, -0.25) is 0 Å². The van der Waals surface area contributed by atoms with Crippen molar-refractivity contribution < 1.29 is 13.9 Å². The Morgan fingerprint density at radius 2 is 1.65 bits per heavy atom. The van der Waals surface area contributed by atoms with Gasteiger partial charge in [0.05, 0.1) is 12.2 Å². The van der Waals surface area contributed by atoms with Gasteiger partial charge in [-0.1, -0.05) is 27.7 Å². The standard InChI is InChI=1S/C17H23FO2/c1-6-20-15(19)11-9-12-13(10-14(11)18)17(4,5)8-7-16(12,2)3/h9-10H,6-8H2,1-5H3. The first-order valence-corrected chi connectivity index (χ1v) is 7.20. The van der Waals surface area contributed by atoms with Crippen molar-refractivity contribution in [2.75, 3.05) is 6.61 Å². The molecule has 0 radical (unpaired) electrons. The molecule has 0 saturated heterocycles. The second-order valence-corrected chi connectivity index (χ2v) is 6.87. The summed E-state index contributed by atoms with van der Waals surface area (Å²) in [7, 11) is 0. The van der Waals surface area contributed by atoms with Crippen molar-refractivity contribution in [1.82, 2.24) is 0 Å². The Morgan fingerprint density at radius 3 is 2.15 bits per heavy atom. The molecule has 1 aromatic rings. The fourth-order valence-corrected chi connectivity index (χ4v) is 2.95. The summed E-state index contributed by atoms with van der Waals surface area (Å²) >= 11 is 0. The third-order valence-electron chi connectivity index (χ3n) is 4.44. The van der Waals surface area contributed by atoms with E-state index >= 15 is 0 Å². The van der Waals surface area contributed by atoms with Gasteiger partial charge in [-0.15, -0.1) is 0 Å². The lowest BCUT2D eigenvalue weighted by Crippen LogP contribution is -2.34. The SMILES string of the molecule is CCOC(=O)c1cc2c(cc1F)C(C)(C)CCC2(C)C. The molecule has 0 atom stereocenters. The molecule has 0 spiro atoms. The minimum Gasteiger partial charge on any atom is -0.462 e. The molecule has 0 aromatic heterocycles. The van der Waals surface area contributed by atoms with Crippen molar-refractivity contribution in [1.29, 1.82) is 0 Å². The van der Waals surface area contributed by atoms with E-state index in [-0.39, 0.29) is 23.0 Å². The maximum atomic E-state index is 14.2. The first kappa shape index (κ1) is 15.0. The molecule has 0 heterocycles. The van der Waals surface area contributed by atoms with Crippen molar-refractivity contribution in [2.45, 2.75) is 58.3 Å². The lowest BCUT2D eigenvalue weighted by atomic mass is 9.63. The van der Waals surface area contributed by atoms with Crippen LogP contribution in [0.2, 0.25) is 0 Å². The predicted octanol–water partition coefficient (Wildman–Crippen LogP) is 4.35. The number of halogens is 1. The number of ether oxygens (including phenoxy) is 1. The monoisotopic (exact) mass is 278 g/mol. The lowest BCUT2D eigenvalue weighted by molar-refractivity contribution is 0.0520. The third kappa shape index (κ3) is 2.46. The zero-order valence-corrected chi connectivity index (χ0v) is 13.0. The number of hydrogen-bond acceptors (Lipinski definition) is 2. The smallest absolute Gasteiger partial charge is 0.341 e. The van der Waals surface area contributed by atoms with E-state index in [4.69, 9.17) is 4.74 Å². The van der Waals surface area contributed by atoms with E-state index in [1.54, 1.807) is 13.0 Å². The van der Waals surface area contributed by atoms with Crippen LogP contribution in [0.3, 0.4) is 0 Å². The second-order valence-electron chi connectivity index (χ2n) is 6.87. The number of benzene rings is 1. The second kappa shape index (κ2) is 4.87. The third-order valence-corrected chi connectivity index (χ3v) is 4.44. The van der Waals surface area contributed by atoms with Crippen LogP contribution in [0.4, 0.5) is 4.39 Å². The number of fused-ring (bicyclic) bond motifs is 1. The maximum Gasteiger partial charge on any atom is 0.341 e. The van der Waals surface area contributed by atoms with E-state index in [0.29, 0.717) is 0 Å². The van der Waals surface area contributed by atoms with Crippen molar-refractivity contribution in [3.63, 3.8) is 0 Å². The summed E-state index contributed by atoms with van der Waals surface area (Å²) in [4.78, 5) is 11.9. The molecule has 3 heteroatoms. The molecule has 0 aliphatic heterocycles. The van der Waals surface area contributed by atoms with Gasteiger partial charge in [-0.25, -0.2) is 9.18 Å². The molecule has 0 fully saturated rings. The van der Waals surface area contributed by atoms with Gasteiger partial charge in [0.25, 0.3) is 0 Å². The zero-order chi connectivity index (χ0) is 15.1. The first-order chi connectivity index (χ1) is 9.19. The fraction of sp³-hybridized carbons (Fsp3) is 0.588. The van der Waals surface area contributed by atoms with Gasteiger partial charge < -0.3 is 4.74 Å². The van der Waals surface area contributed by atoms with E-state index in [9.17, 15) is 9.18 Å². The van der Waals surface area contributed by atoms with Crippen LogP contribution >= 0.6 is 0 Å². The molecule has 2 rings (SSSR count). The minimum atomic E-state index is -0.577. The minimum absolute atomic E-state index is 0.0419. The quantitative estimate of drug-likeness (QED) is 0.752. The van der Waals surface area contributed by atoms with Gasteiger partial charge in [-0.2, -0.15) is 0 Å². The Kier molecular flexibility index (Phi) is 3.66. The Bertz CT molecular complexity index is 544. The van der Waals surface area contributed by atoms with Crippen molar-refractivity contribution in [3.8, 4) is 0 Å². The normalized spacial score (nSPS) is 19.3. The summed E-state index contributed by atoms with van der Waals surface area (Å²) in [6.07, 6.45) is 2.05. The van der Waals surface area contributed by atoms with Crippen LogP contribution < -0.4 is 0 Å². The molecular formula is C17H23FO2. The van der Waals surface area contributed by atoms with Crippen LogP contribution in [0.5, 0.6) is 0 Å². The van der Waals surface area contributed by atoms with E-state index in [2.05, 4.69) is 27.7 Å². The van der Waals surface area contributed by atoms with Gasteiger partial charge in [0.15, 0.2) is 0 Å². The van der Waals surface area contributed by atoms with Crippen LogP contribution in [0, 0.1) is 5.82 Å². The van der Waals surface area contributed by atoms with Crippen LogP contribution in [-0.2, 0) is 15.6 Å². The first-order valence-electron chi connectivity index (χ1n) is 7.20. The van der Waals surface area contributed by atoms with Crippen molar-refractivity contribution in [2.24, 2.45) is 0 Å². The molecule has 110 valence electrons. The Balaban J connectivity index is 2.61. The highest BCUT2D eigenvalue weighted by molar-refractivity contribution is 5.90. The lowest BCUT2D eigenvalue weighted by Gasteiger charge is -2.42. The van der Waals surface area contributed by atoms with E-state index in [0.717, 1.165) is 24.0 Å². The van der Waals surface area contributed by atoms with Gasteiger partial charge in [-0.05, 0) is 53.9 Å². The van der Waals surface area contributed by atoms with Crippen LogP contribution in [0.25, 0.3) is 0 Å². The highest BCUT2D eigenvalue weighted by Crippen LogP contribution is 2.46. The number of hydrogen-bond donors (Lipinski definition) is 0. The summed E-state index contributed by atoms with van der Waals surface area (Å²) in [6, 6.07) is 3.23. The number of carbonyl (C=O) groups excluding carboxylic acids is 1. The summed E-state index contributed by atoms with van der Waals surface area (Å²) in [5.41, 5.74) is 2.03. The number of rotatable bonds is 2. The average Bonchev–Trinajstić information content (AvgIpc) is 2.35. The fourth-order valence-electron chi connectivity index (χ4n) is 2.95. The van der Waals surface area contributed by atoms with Crippen molar-refractivity contribution in [3.05, 3.63) is 34.6 Å². The Morgan fingerprint density at radius 1 is 1.15 bits per heavy atom. The average molecular weight is 278 g/mol. The summed E-state index contributed by atoms with van der Waals surface area (Å²) in [5, 5.41) is 0. The Labute approximate surface area is 120 Å². The van der Waals surface area contributed by atoms with Crippen molar-refractivity contribution >= 4 is 5.97 Å². The van der Waals surface area contributed by atoms with Crippen LogP contribution in [-0.4, -0.2) is 12.6 Å². The molecule has 2 nitrogen and oxygen atoms in total. The van der Waals surface area contributed by atoms with Gasteiger partial charge in [0.1, 0.15) is 5.82 Å². The molecule has 1 aromatic carbocycles. The topological polar surface area (TPSA) is 26.3 Å². The van der Waals surface area contributed by atoms with Gasteiger partial charge >= 0.3 is 5.97 Å². The Hall–Kier alpha value is -1.38. The molecule has 0 N–H and O–H groups in total. The predicted molar refractivity (Wildman–Crippen MR) is 77.6 cm³/mol. The molecule has 20 heavy (non-hydrogen) atoms. The van der Waals surface area contributed by atoms with E-state index < -0.39 is 11.8 Å². The molecule has 0 unspecified atom stereocenters. The largest absolute Gasteiger partial charge is 0.462 e. The summed E-state index contributed by atoms with van der Waals surface area (Å²) in [6.45, 7) is 10.5. The van der Waals surface area contributed by atoms with E-state index in [1.807, 2.05) is 0 Å². The molecule has 1 aliphatic rings. The number of carbonyl (C=O) groups is 1. The molecular weight excluding hydrogens is 255 g/mol. The van der Waals surface area contributed by atoms with Crippen LogP contribution in [0.15, 0.2) is 12.1 Å². The highest BCUT2D eigenvalue weighted by Gasteiger charge is 2.38. The summed E-state index contributed by atoms with van der Waals surface area (Å²) < 4.78 is 19.2. The summed E-state index contributed by atoms with van der Waals surface area (Å²) in [5.74, 6) is -1.06. The molecule has 0 saturated carbocycles. The molecule has 0 bridgehead atoms. The highest BCUT2D eigenvalue weighted by atomic mass is 19.1. The van der Waals surface area contributed by atoms with E-state index in [1.165, 1.54) is 6.07 Å². The van der Waals surface area contributed by atoms with Gasteiger partial charge in [0.2, 0.25) is 0 Å². The van der Waals surface area contributed by atoms with Gasteiger partial charge in [0, 0.05) is 0 Å². The maximum absolute atomic E-state index is 14.2. The molecule has 1 aliphatic carbocycles.